The summed E-state index contributed by atoms with van der Waals surface area (Å²) in [6.45, 7) is 7.83. The first-order valence-corrected chi connectivity index (χ1v) is 14.2. The molecule has 4 rings (SSSR count). The van der Waals surface area contributed by atoms with Crippen LogP contribution in [-0.4, -0.2) is 52.8 Å². The zero-order chi connectivity index (χ0) is 26.3. The van der Waals surface area contributed by atoms with E-state index in [1.54, 1.807) is 49.7 Å². The summed E-state index contributed by atoms with van der Waals surface area (Å²) in [5, 5.41) is 13.5. The minimum absolute atomic E-state index is 0.0298. The number of fused-ring (bicyclic) bond motifs is 3. The first kappa shape index (κ1) is 26.5. The lowest BCUT2D eigenvalue weighted by atomic mass is 10.0. The maximum Gasteiger partial charge on any atom is 0.263 e. The number of thioether (sulfide) groups is 1. The Hall–Kier alpha value is -2.60. The van der Waals surface area contributed by atoms with Gasteiger partial charge in [0.2, 0.25) is 15.9 Å². The molecule has 0 bridgehead atoms. The number of carbonyl (C=O) groups is 2. The molecule has 11 heteroatoms. The third-order valence-electron chi connectivity index (χ3n) is 6.37. The van der Waals surface area contributed by atoms with Crippen LogP contribution >= 0.6 is 11.8 Å². The zero-order valence-corrected chi connectivity index (χ0v) is 22.3. The number of amides is 2. The largest absolute Gasteiger partial charge is 0.456 e. The van der Waals surface area contributed by atoms with E-state index in [0.717, 1.165) is 10.7 Å². The van der Waals surface area contributed by atoms with Gasteiger partial charge < -0.3 is 9.73 Å². The van der Waals surface area contributed by atoms with Crippen LogP contribution in [0.4, 0.5) is 5.69 Å². The summed E-state index contributed by atoms with van der Waals surface area (Å²) in [6.07, 6.45) is 1.22. The molecule has 0 radical (unpaired) electrons. The highest BCUT2D eigenvalue weighted by Gasteiger charge is 2.48. The van der Waals surface area contributed by atoms with Crippen molar-refractivity contribution in [3.05, 3.63) is 36.4 Å². The van der Waals surface area contributed by atoms with Crippen LogP contribution < -0.4 is 10.8 Å². The van der Waals surface area contributed by atoms with Gasteiger partial charge in [-0.25, -0.2) is 13.9 Å². The summed E-state index contributed by atoms with van der Waals surface area (Å²) in [4.78, 5) is 24.7. The van der Waals surface area contributed by atoms with Crippen LogP contribution in [0.1, 0.15) is 40.5 Å². The Bertz CT molecular complexity index is 1410. The SMILES string of the molecule is CC(C)CCC(=O)Nc1ccc2c(c1)oc1ccc(S(=O)(=O)N3CCSC(C)(C)C3C(=O)NO)cc12. The van der Waals surface area contributed by atoms with Gasteiger partial charge in [0.05, 0.1) is 4.90 Å². The van der Waals surface area contributed by atoms with Gasteiger partial charge in [0.15, 0.2) is 0 Å². The smallest absolute Gasteiger partial charge is 0.263 e. The molecule has 2 aromatic carbocycles. The summed E-state index contributed by atoms with van der Waals surface area (Å²) in [7, 11) is -4.06. The third kappa shape index (κ3) is 5.10. The number of hydrogen-bond donors (Lipinski definition) is 3. The van der Waals surface area contributed by atoms with Crippen LogP contribution in [0.15, 0.2) is 45.7 Å². The number of sulfonamides is 1. The van der Waals surface area contributed by atoms with Crippen molar-refractivity contribution in [3.8, 4) is 0 Å². The van der Waals surface area contributed by atoms with Crippen LogP contribution in [0.5, 0.6) is 0 Å². The van der Waals surface area contributed by atoms with E-state index in [2.05, 4.69) is 19.2 Å². The third-order valence-corrected chi connectivity index (χ3v) is 9.59. The van der Waals surface area contributed by atoms with E-state index in [1.165, 1.54) is 17.8 Å². The average molecular weight is 534 g/mol. The molecule has 2 heterocycles. The predicted octanol–water partition coefficient (Wildman–Crippen LogP) is 4.35. The normalized spacial score (nSPS) is 18.6. The van der Waals surface area contributed by atoms with Gasteiger partial charge in [0.1, 0.15) is 17.2 Å². The molecule has 194 valence electrons. The maximum absolute atomic E-state index is 13.7. The first-order chi connectivity index (χ1) is 16.9. The topological polar surface area (TPSA) is 129 Å². The minimum Gasteiger partial charge on any atom is -0.456 e. The van der Waals surface area contributed by atoms with Crippen LogP contribution in [0, 0.1) is 5.92 Å². The second-order valence-electron chi connectivity index (χ2n) is 9.90. The Morgan fingerprint density at radius 2 is 1.92 bits per heavy atom. The molecular weight excluding hydrogens is 502 g/mol. The highest BCUT2D eigenvalue weighted by atomic mass is 32.2. The number of anilines is 1. The van der Waals surface area contributed by atoms with Crippen molar-refractivity contribution in [3.63, 3.8) is 0 Å². The zero-order valence-electron chi connectivity index (χ0n) is 20.7. The number of rotatable bonds is 7. The molecule has 9 nitrogen and oxygen atoms in total. The van der Waals surface area contributed by atoms with Crippen molar-refractivity contribution < 1.29 is 27.6 Å². The Morgan fingerprint density at radius 1 is 1.17 bits per heavy atom. The van der Waals surface area contributed by atoms with Gasteiger partial charge >= 0.3 is 0 Å². The van der Waals surface area contributed by atoms with Crippen molar-refractivity contribution in [2.45, 2.75) is 56.2 Å². The van der Waals surface area contributed by atoms with Gasteiger partial charge in [0.25, 0.3) is 5.91 Å². The molecular formula is C25H31N3O6S2. The number of benzene rings is 2. The maximum atomic E-state index is 13.7. The second kappa shape index (κ2) is 10.0. The fraction of sp³-hybridized carbons (Fsp3) is 0.440. The lowest BCUT2D eigenvalue weighted by Gasteiger charge is -2.43. The molecule has 1 unspecified atom stereocenters. The molecule has 0 saturated carbocycles. The van der Waals surface area contributed by atoms with Gasteiger partial charge in [0, 0.05) is 46.0 Å². The van der Waals surface area contributed by atoms with Gasteiger partial charge in [-0.15, -0.1) is 0 Å². The number of hydrogen-bond acceptors (Lipinski definition) is 7. The van der Waals surface area contributed by atoms with Crippen LogP contribution in [-0.2, 0) is 19.6 Å². The quantitative estimate of drug-likeness (QED) is 0.304. The van der Waals surface area contributed by atoms with E-state index >= 15 is 0 Å². The summed E-state index contributed by atoms with van der Waals surface area (Å²) in [5.74, 6) is 0.108. The minimum atomic E-state index is -4.06. The van der Waals surface area contributed by atoms with Crippen molar-refractivity contribution in [1.29, 1.82) is 0 Å². The summed E-state index contributed by atoms with van der Waals surface area (Å²) in [5.41, 5.74) is 3.26. The number of carbonyl (C=O) groups excluding carboxylic acids is 2. The van der Waals surface area contributed by atoms with E-state index in [4.69, 9.17) is 4.42 Å². The molecule has 0 aliphatic carbocycles. The lowest BCUT2D eigenvalue weighted by molar-refractivity contribution is -0.134. The lowest BCUT2D eigenvalue weighted by Crippen LogP contribution is -2.61. The monoisotopic (exact) mass is 533 g/mol. The molecule has 36 heavy (non-hydrogen) atoms. The fourth-order valence-electron chi connectivity index (χ4n) is 4.49. The van der Waals surface area contributed by atoms with Crippen molar-refractivity contribution >= 4 is 61.2 Å². The van der Waals surface area contributed by atoms with Crippen LogP contribution in [0.3, 0.4) is 0 Å². The molecule has 1 aliphatic heterocycles. The van der Waals surface area contributed by atoms with E-state index < -0.39 is 26.7 Å². The van der Waals surface area contributed by atoms with Gasteiger partial charge in [-0.3, -0.25) is 14.8 Å². The molecule has 2 amide bonds. The van der Waals surface area contributed by atoms with Gasteiger partial charge in [-0.2, -0.15) is 16.1 Å². The van der Waals surface area contributed by atoms with Crippen molar-refractivity contribution in [1.82, 2.24) is 9.79 Å². The molecule has 3 aromatic rings. The molecule has 1 saturated heterocycles. The Balaban J connectivity index is 1.68. The van der Waals surface area contributed by atoms with Crippen molar-refractivity contribution in [2.24, 2.45) is 5.92 Å². The highest BCUT2D eigenvalue weighted by Crippen LogP contribution is 2.39. The summed E-state index contributed by atoms with van der Waals surface area (Å²) < 4.78 is 33.7. The highest BCUT2D eigenvalue weighted by molar-refractivity contribution is 8.01. The molecule has 0 spiro atoms. The van der Waals surface area contributed by atoms with Crippen LogP contribution in [0.25, 0.3) is 21.9 Å². The standard InChI is InChI=1S/C25H31N3O6S2/c1-15(2)5-10-22(29)26-16-6-8-18-19-14-17(7-9-20(19)34-21(18)13-16)36(32,33)28-11-12-35-25(3,4)23(28)24(30)27-31/h6-9,13-15,23,31H,5,10-12H2,1-4H3,(H,26,29)(H,27,30). The van der Waals surface area contributed by atoms with E-state index in [1.807, 2.05) is 0 Å². The Labute approximate surface area is 214 Å². The summed E-state index contributed by atoms with van der Waals surface area (Å²) >= 11 is 1.48. The van der Waals surface area contributed by atoms with Gasteiger partial charge in [-0.05, 0) is 56.5 Å². The van der Waals surface area contributed by atoms with E-state index in [-0.39, 0.29) is 17.3 Å². The number of nitrogens with zero attached hydrogens (tertiary/aromatic N) is 1. The van der Waals surface area contributed by atoms with Crippen molar-refractivity contribution in [2.75, 3.05) is 17.6 Å². The molecule has 1 atom stereocenters. The average Bonchev–Trinajstić information content (AvgIpc) is 3.18. The molecule has 1 aromatic heterocycles. The number of hydroxylamine groups is 1. The van der Waals surface area contributed by atoms with Crippen LogP contribution in [0.2, 0.25) is 0 Å². The van der Waals surface area contributed by atoms with E-state index in [9.17, 15) is 23.2 Å². The molecule has 3 N–H and O–H groups in total. The first-order valence-electron chi connectivity index (χ1n) is 11.8. The fourth-order valence-corrected chi connectivity index (χ4v) is 7.63. The number of nitrogens with one attached hydrogen (secondary N) is 2. The Kier molecular flexibility index (Phi) is 7.38. The number of furan rings is 1. The molecule has 1 aliphatic rings. The molecule has 1 fully saturated rings. The summed E-state index contributed by atoms with van der Waals surface area (Å²) in [6, 6.07) is 8.79. The Morgan fingerprint density at radius 3 is 2.61 bits per heavy atom. The predicted molar refractivity (Wildman–Crippen MR) is 141 cm³/mol. The van der Waals surface area contributed by atoms with E-state index in [0.29, 0.717) is 45.7 Å². The van der Waals surface area contributed by atoms with Gasteiger partial charge in [-0.1, -0.05) is 13.8 Å². The second-order valence-corrected chi connectivity index (χ2v) is 13.5.